The highest BCUT2D eigenvalue weighted by atomic mass is 35.5. The number of hydrogen-bond acceptors (Lipinski definition) is 7. The molecule has 5 rings (SSSR count). The van der Waals surface area contributed by atoms with E-state index in [1.807, 2.05) is 18.2 Å². The molecule has 1 fully saturated rings. The van der Waals surface area contributed by atoms with Crippen molar-refractivity contribution >= 4 is 57.0 Å². The van der Waals surface area contributed by atoms with E-state index in [9.17, 15) is 19.2 Å². The summed E-state index contributed by atoms with van der Waals surface area (Å²) < 4.78 is 18.6. The van der Waals surface area contributed by atoms with Crippen LogP contribution in [-0.2, 0) is 21.0 Å². The number of nitrogens with one attached hydrogen (secondary N) is 1. The molecule has 0 bridgehead atoms. The Morgan fingerprint density at radius 1 is 1.00 bits per heavy atom. The highest BCUT2D eigenvalue weighted by Crippen LogP contribution is 2.41. The number of carbonyl (C=O) groups is 4. The van der Waals surface area contributed by atoms with E-state index in [1.54, 1.807) is 75.7 Å². The van der Waals surface area contributed by atoms with E-state index in [0.717, 1.165) is 29.3 Å². The molecule has 1 aliphatic carbocycles. The first-order chi connectivity index (χ1) is 21.7. The van der Waals surface area contributed by atoms with Crippen molar-refractivity contribution in [2.75, 3.05) is 6.61 Å². The first kappa shape index (κ1) is 32.8. The lowest BCUT2D eigenvalue weighted by Gasteiger charge is -2.24. The van der Waals surface area contributed by atoms with Gasteiger partial charge in [0.1, 0.15) is 17.4 Å². The number of rotatable bonds is 11. The molecule has 3 N–H and O–H groups in total. The van der Waals surface area contributed by atoms with Crippen molar-refractivity contribution in [3.05, 3.63) is 76.4 Å². The van der Waals surface area contributed by atoms with Gasteiger partial charge < -0.3 is 29.8 Å². The normalized spacial score (nSPS) is 13.9. The molecule has 2 amide bonds. The number of ketones is 1. The summed E-state index contributed by atoms with van der Waals surface area (Å²) in [5, 5.41) is 5.27. The second kappa shape index (κ2) is 13.0. The molecule has 1 heterocycles. The standard InChI is InChI=1S/C35H38ClN3O7/c1-19(2)31(38-34(43)46-35(3,4)5)33(42)45-18-39-16-27(25-11-9-21(14-28(25)39)20-6-7-20)29(40)17-44-30-15-22-8-10-24(36)12-23(22)13-26(30)32(37)41/h8-16,19-20,31H,6-7,17-18H2,1-5H3,(H2,37,41)(H,38,43). The van der Waals surface area contributed by atoms with Gasteiger partial charge in [0, 0.05) is 22.2 Å². The number of Topliss-reactive ketones (excluding diaryl/α,β-unsaturated/α-hetero) is 1. The quantitative estimate of drug-likeness (QED) is 0.136. The Labute approximate surface area is 272 Å². The van der Waals surface area contributed by atoms with E-state index in [-0.39, 0.29) is 36.4 Å². The lowest BCUT2D eigenvalue weighted by Crippen LogP contribution is -2.47. The van der Waals surface area contributed by atoms with Crippen LogP contribution in [0, 0.1) is 5.92 Å². The number of hydrogen-bond donors (Lipinski definition) is 2. The fourth-order valence-electron chi connectivity index (χ4n) is 5.24. The molecule has 1 saturated carbocycles. The summed E-state index contributed by atoms with van der Waals surface area (Å²) in [7, 11) is 0. The number of primary amides is 1. The molecule has 11 heteroatoms. The molecule has 1 atom stereocenters. The van der Waals surface area contributed by atoms with Crippen LogP contribution in [0.4, 0.5) is 4.79 Å². The average Bonchev–Trinajstić information content (AvgIpc) is 3.77. The number of ether oxygens (including phenoxy) is 3. The van der Waals surface area contributed by atoms with Gasteiger partial charge >= 0.3 is 12.1 Å². The maximum absolute atomic E-state index is 13.6. The van der Waals surface area contributed by atoms with Gasteiger partial charge in [0.2, 0.25) is 5.78 Å². The van der Waals surface area contributed by atoms with Gasteiger partial charge in [0.05, 0.1) is 11.1 Å². The minimum atomic E-state index is -0.939. The number of aromatic nitrogens is 1. The third-order valence-corrected chi connectivity index (χ3v) is 7.95. The number of amides is 2. The third-order valence-electron chi connectivity index (χ3n) is 7.72. The van der Waals surface area contributed by atoms with Crippen molar-refractivity contribution in [2.45, 2.75) is 71.8 Å². The van der Waals surface area contributed by atoms with Gasteiger partial charge in [-0.2, -0.15) is 0 Å². The number of halogens is 1. The van der Waals surface area contributed by atoms with Gasteiger partial charge in [0.25, 0.3) is 5.91 Å². The molecule has 3 aromatic carbocycles. The zero-order valence-electron chi connectivity index (χ0n) is 26.5. The number of nitrogens with zero attached hydrogens (tertiary/aromatic N) is 1. The fourth-order valence-corrected chi connectivity index (χ4v) is 5.43. The maximum Gasteiger partial charge on any atom is 0.408 e. The summed E-state index contributed by atoms with van der Waals surface area (Å²) in [4.78, 5) is 51.3. The van der Waals surface area contributed by atoms with E-state index in [1.165, 1.54) is 0 Å². The largest absolute Gasteiger partial charge is 0.485 e. The van der Waals surface area contributed by atoms with E-state index in [0.29, 0.717) is 27.3 Å². The topological polar surface area (TPSA) is 139 Å². The van der Waals surface area contributed by atoms with Crippen LogP contribution >= 0.6 is 11.6 Å². The van der Waals surface area contributed by atoms with Crippen LogP contribution in [0.3, 0.4) is 0 Å². The van der Waals surface area contributed by atoms with Crippen molar-refractivity contribution in [3.63, 3.8) is 0 Å². The Kier molecular flexibility index (Phi) is 9.30. The highest BCUT2D eigenvalue weighted by molar-refractivity contribution is 6.31. The molecule has 1 unspecified atom stereocenters. The number of carbonyl (C=O) groups excluding carboxylic acids is 4. The van der Waals surface area contributed by atoms with Gasteiger partial charge in [-0.3, -0.25) is 9.59 Å². The fraction of sp³-hybridized carbons (Fsp3) is 0.371. The molecule has 0 radical (unpaired) electrons. The Bertz CT molecular complexity index is 1840. The Hall–Kier alpha value is -4.57. The average molecular weight is 648 g/mol. The molecular formula is C35H38ClN3O7. The molecule has 0 saturated heterocycles. The van der Waals surface area contributed by atoms with Gasteiger partial charge in [-0.25, -0.2) is 9.59 Å². The van der Waals surface area contributed by atoms with Crippen molar-refractivity contribution in [2.24, 2.45) is 11.7 Å². The summed E-state index contributed by atoms with van der Waals surface area (Å²) in [5.41, 5.74) is 7.26. The van der Waals surface area contributed by atoms with Gasteiger partial charge in [-0.1, -0.05) is 43.6 Å². The lowest BCUT2D eigenvalue weighted by atomic mass is 10.0. The minimum Gasteiger partial charge on any atom is -0.485 e. The molecule has 46 heavy (non-hydrogen) atoms. The molecule has 0 spiro atoms. The minimum absolute atomic E-state index is 0.130. The second-order valence-electron chi connectivity index (χ2n) is 12.9. The van der Waals surface area contributed by atoms with E-state index in [4.69, 9.17) is 31.5 Å². The maximum atomic E-state index is 13.6. The lowest BCUT2D eigenvalue weighted by molar-refractivity contribution is -0.151. The Balaban J connectivity index is 1.37. The van der Waals surface area contributed by atoms with Crippen molar-refractivity contribution < 1.29 is 33.4 Å². The molecule has 10 nitrogen and oxygen atoms in total. The summed E-state index contributed by atoms with van der Waals surface area (Å²) >= 11 is 6.11. The van der Waals surface area contributed by atoms with Crippen LogP contribution in [0.2, 0.25) is 5.02 Å². The van der Waals surface area contributed by atoms with E-state index in [2.05, 4.69) is 5.32 Å². The highest BCUT2D eigenvalue weighted by Gasteiger charge is 2.29. The number of benzene rings is 3. The summed E-state index contributed by atoms with van der Waals surface area (Å²) in [5.74, 6) is -1.30. The first-order valence-electron chi connectivity index (χ1n) is 15.2. The van der Waals surface area contributed by atoms with Gasteiger partial charge in [-0.05, 0) is 92.1 Å². The zero-order valence-corrected chi connectivity index (χ0v) is 27.3. The van der Waals surface area contributed by atoms with Gasteiger partial charge in [-0.15, -0.1) is 0 Å². The predicted octanol–water partition coefficient (Wildman–Crippen LogP) is 6.74. The monoisotopic (exact) mass is 647 g/mol. The molecule has 1 aromatic heterocycles. The molecule has 1 aliphatic rings. The Morgan fingerprint density at radius 2 is 1.74 bits per heavy atom. The molecular weight excluding hydrogens is 610 g/mol. The smallest absolute Gasteiger partial charge is 0.408 e. The number of nitrogens with two attached hydrogens (primary N) is 1. The van der Waals surface area contributed by atoms with Crippen LogP contribution in [0.25, 0.3) is 21.7 Å². The number of alkyl carbamates (subject to hydrolysis) is 1. The van der Waals surface area contributed by atoms with Crippen LogP contribution in [0.15, 0.2) is 54.7 Å². The molecule has 4 aromatic rings. The van der Waals surface area contributed by atoms with Crippen LogP contribution in [0.1, 0.15) is 79.7 Å². The van der Waals surface area contributed by atoms with E-state index >= 15 is 0 Å². The van der Waals surface area contributed by atoms with Crippen molar-refractivity contribution in [1.29, 1.82) is 0 Å². The summed E-state index contributed by atoms with van der Waals surface area (Å²) in [6, 6.07) is 13.4. The Morgan fingerprint density at radius 3 is 2.39 bits per heavy atom. The SMILES string of the molecule is CC(C)C(NC(=O)OC(C)(C)C)C(=O)OCn1cc(C(=O)COc2cc3ccc(Cl)cc3cc2C(N)=O)c2ccc(C3CC3)cc21. The van der Waals surface area contributed by atoms with E-state index < -0.39 is 29.6 Å². The predicted molar refractivity (Wildman–Crippen MR) is 175 cm³/mol. The molecule has 242 valence electrons. The van der Waals surface area contributed by atoms with Crippen LogP contribution in [-0.4, -0.2) is 46.6 Å². The summed E-state index contributed by atoms with van der Waals surface area (Å²) in [6.07, 6.45) is 3.09. The third kappa shape index (κ3) is 7.62. The summed E-state index contributed by atoms with van der Waals surface area (Å²) in [6.45, 7) is 8.25. The first-order valence-corrected chi connectivity index (χ1v) is 15.6. The van der Waals surface area contributed by atoms with Crippen LogP contribution < -0.4 is 15.8 Å². The zero-order chi connectivity index (χ0) is 33.3. The number of esters is 1. The molecule has 0 aliphatic heterocycles. The van der Waals surface area contributed by atoms with Crippen LogP contribution in [0.5, 0.6) is 5.75 Å². The van der Waals surface area contributed by atoms with Gasteiger partial charge in [0.15, 0.2) is 13.3 Å². The van der Waals surface area contributed by atoms with Crippen molar-refractivity contribution in [1.82, 2.24) is 9.88 Å². The second-order valence-corrected chi connectivity index (χ2v) is 13.4. The van der Waals surface area contributed by atoms with Crippen molar-refractivity contribution in [3.8, 4) is 5.75 Å². The number of fused-ring (bicyclic) bond motifs is 2.